The lowest BCUT2D eigenvalue weighted by Gasteiger charge is -2.08. The third-order valence-corrected chi connectivity index (χ3v) is 1.31. The van der Waals surface area contributed by atoms with Crippen LogP contribution in [0.3, 0.4) is 0 Å². The third-order valence-electron chi connectivity index (χ3n) is 1.31. The van der Waals surface area contributed by atoms with Crippen LogP contribution in [0.2, 0.25) is 0 Å². The molecule has 58 valence electrons. The van der Waals surface area contributed by atoms with Crippen LogP contribution in [0.25, 0.3) is 0 Å². The zero-order chi connectivity index (χ0) is 7.98. The minimum atomic E-state index is 0.115. The smallest absolute Gasteiger partial charge is 0.152 e. The Labute approximate surface area is 62.5 Å². The predicted octanol–water partition coefficient (Wildman–Crippen LogP) is 1.08. The zero-order valence-corrected chi connectivity index (χ0v) is 6.92. The molecule has 0 saturated carbocycles. The van der Waals surface area contributed by atoms with Crippen LogP contribution >= 0.6 is 0 Å². The van der Waals surface area contributed by atoms with E-state index in [1.165, 1.54) is 0 Å². The van der Waals surface area contributed by atoms with Crippen molar-refractivity contribution >= 4 is 5.78 Å². The SMILES string of the molecule is CCN(C)C/C=C/C(C)=O. The van der Waals surface area contributed by atoms with Crippen LogP contribution in [0.4, 0.5) is 0 Å². The summed E-state index contributed by atoms with van der Waals surface area (Å²) >= 11 is 0. The largest absolute Gasteiger partial charge is 0.303 e. The van der Waals surface area contributed by atoms with E-state index >= 15 is 0 Å². The van der Waals surface area contributed by atoms with Crippen LogP contribution < -0.4 is 0 Å². The van der Waals surface area contributed by atoms with E-state index in [-0.39, 0.29) is 5.78 Å². The first kappa shape index (κ1) is 9.37. The molecular weight excluding hydrogens is 126 g/mol. The van der Waals surface area contributed by atoms with Gasteiger partial charge in [-0.25, -0.2) is 0 Å². The number of carbonyl (C=O) groups excluding carboxylic acids is 1. The summed E-state index contributed by atoms with van der Waals surface area (Å²) in [6, 6.07) is 0. The van der Waals surface area contributed by atoms with Crippen LogP contribution in [0, 0.1) is 0 Å². The first-order chi connectivity index (χ1) is 4.66. The Morgan fingerprint density at radius 3 is 2.60 bits per heavy atom. The number of hydrogen-bond donors (Lipinski definition) is 0. The summed E-state index contributed by atoms with van der Waals surface area (Å²) in [4.78, 5) is 12.5. The summed E-state index contributed by atoms with van der Waals surface area (Å²) in [7, 11) is 2.02. The van der Waals surface area contributed by atoms with Gasteiger partial charge < -0.3 is 4.90 Å². The lowest BCUT2D eigenvalue weighted by molar-refractivity contribution is -0.112. The summed E-state index contributed by atoms with van der Waals surface area (Å²) in [5.74, 6) is 0.115. The molecule has 0 aliphatic carbocycles. The average molecular weight is 141 g/mol. The molecule has 0 aromatic heterocycles. The molecule has 0 saturated heterocycles. The van der Waals surface area contributed by atoms with Gasteiger partial charge in [-0.2, -0.15) is 0 Å². The maximum atomic E-state index is 10.4. The number of likely N-dealkylation sites (N-methyl/N-ethyl adjacent to an activating group) is 1. The van der Waals surface area contributed by atoms with Crippen LogP contribution in [0.15, 0.2) is 12.2 Å². The van der Waals surface area contributed by atoms with Crippen molar-refractivity contribution in [3.8, 4) is 0 Å². The van der Waals surface area contributed by atoms with E-state index in [2.05, 4.69) is 11.8 Å². The molecule has 0 bridgehead atoms. The van der Waals surface area contributed by atoms with Crippen molar-refractivity contribution in [3.05, 3.63) is 12.2 Å². The van der Waals surface area contributed by atoms with Gasteiger partial charge in [0.15, 0.2) is 5.78 Å². The van der Waals surface area contributed by atoms with Gasteiger partial charge in [-0.15, -0.1) is 0 Å². The van der Waals surface area contributed by atoms with E-state index < -0.39 is 0 Å². The lowest BCUT2D eigenvalue weighted by atomic mass is 10.4. The van der Waals surface area contributed by atoms with Crippen molar-refractivity contribution in [2.24, 2.45) is 0 Å². The van der Waals surface area contributed by atoms with Crippen molar-refractivity contribution in [2.75, 3.05) is 20.1 Å². The summed E-state index contributed by atoms with van der Waals surface area (Å²) in [6.07, 6.45) is 3.48. The molecule has 0 N–H and O–H groups in total. The number of hydrogen-bond acceptors (Lipinski definition) is 2. The van der Waals surface area contributed by atoms with Crippen LogP contribution in [0.5, 0.6) is 0 Å². The van der Waals surface area contributed by atoms with Gasteiger partial charge in [0.1, 0.15) is 0 Å². The molecule has 0 heterocycles. The molecule has 0 aliphatic rings. The molecule has 0 radical (unpaired) electrons. The maximum Gasteiger partial charge on any atom is 0.152 e. The Bertz CT molecular complexity index is 129. The molecule has 0 atom stereocenters. The molecule has 0 amide bonds. The number of carbonyl (C=O) groups is 1. The average Bonchev–Trinajstić information content (AvgIpc) is 1.87. The number of allylic oxidation sites excluding steroid dienone is 1. The quantitative estimate of drug-likeness (QED) is 0.546. The molecule has 0 aromatic rings. The van der Waals surface area contributed by atoms with E-state index in [9.17, 15) is 4.79 Å². The molecule has 0 rings (SSSR count). The van der Waals surface area contributed by atoms with Crippen molar-refractivity contribution in [2.45, 2.75) is 13.8 Å². The highest BCUT2D eigenvalue weighted by molar-refractivity contribution is 5.87. The molecule has 0 unspecified atom stereocenters. The van der Waals surface area contributed by atoms with Crippen molar-refractivity contribution < 1.29 is 4.79 Å². The maximum absolute atomic E-state index is 10.4. The highest BCUT2D eigenvalue weighted by Crippen LogP contribution is 1.82. The second-order valence-electron chi connectivity index (χ2n) is 2.37. The van der Waals surface area contributed by atoms with Crippen LogP contribution in [0.1, 0.15) is 13.8 Å². The number of rotatable bonds is 4. The summed E-state index contributed by atoms with van der Waals surface area (Å²) in [6.45, 7) is 5.52. The number of ketones is 1. The first-order valence-corrected chi connectivity index (χ1v) is 3.52. The molecule has 0 spiro atoms. The Morgan fingerprint density at radius 2 is 2.20 bits per heavy atom. The Kier molecular flexibility index (Phi) is 4.85. The highest BCUT2D eigenvalue weighted by Gasteiger charge is 1.88. The van der Waals surface area contributed by atoms with Gasteiger partial charge in [-0.3, -0.25) is 4.79 Å². The lowest BCUT2D eigenvalue weighted by Crippen LogP contribution is -2.17. The summed E-state index contributed by atoms with van der Waals surface area (Å²) in [5, 5.41) is 0. The van der Waals surface area contributed by atoms with E-state index in [0.29, 0.717) is 0 Å². The van der Waals surface area contributed by atoms with Gasteiger partial charge >= 0.3 is 0 Å². The van der Waals surface area contributed by atoms with Crippen molar-refractivity contribution in [3.63, 3.8) is 0 Å². The van der Waals surface area contributed by atoms with Gasteiger partial charge in [0.05, 0.1) is 0 Å². The molecule has 10 heavy (non-hydrogen) atoms. The van der Waals surface area contributed by atoms with E-state index in [4.69, 9.17) is 0 Å². The van der Waals surface area contributed by atoms with E-state index in [1.54, 1.807) is 13.0 Å². The Morgan fingerprint density at radius 1 is 1.60 bits per heavy atom. The van der Waals surface area contributed by atoms with Gasteiger partial charge in [0.2, 0.25) is 0 Å². The highest BCUT2D eigenvalue weighted by atomic mass is 16.1. The molecule has 2 nitrogen and oxygen atoms in total. The van der Waals surface area contributed by atoms with Gasteiger partial charge in [-0.1, -0.05) is 13.0 Å². The van der Waals surface area contributed by atoms with Gasteiger partial charge in [-0.05, 0) is 26.6 Å². The molecule has 0 aliphatic heterocycles. The van der Waals surface area contributed by atoms with Crippen molar-refractivity contribution in [1.29, 1.82) is 0 Å². The van der Waals surface area contributed by atoms with Crippen LogP contribution in [-0.2, 0) is 4.79 Å². The molecular formula is C8H15NO. The van der Waals surface area contributed by atoms with Gasteiger partial charge in [0.25, 0.3) is 0 Å². The van der Waals surface area contributed by atoms with Gasteiger partial charge in [0, 0.05) is 6.54 Å². The summed E-state index contributed by atoms with van der Waals surface area (Å²) < 4.78 is 0. The fourth-order valence-electron chi connectivity index (χ4n) is 0.528. The fourth-order valence-corrected chi connectivity index (χ4v) is 0.528. The monoisotopic (exact) mass is 141 g/mol. The molecule has 0 fully saturated rings. The Hall–Kier alpha value is -0.630. The second kappa shape index (κ2) is 5.18. The van der Waals surface area contributed by atoms with E-state index in [0.717, 1.165) is 13.1 Å². The molecule has 0 aromatic carbocycles. The second-order valence-corrected chi connectivity index (χ2v) is 2.37. The summed E-state index contributed by atoms with van der Waals surface area (Å²) in [5.41, 5.74) is 0. The topological polar surface area (TPSA) is 20.3 Å². The first-order valence-electron chi connectivity index (χ1n) is 3.52. The molecule has 2 heteroatoms. The Balaban J connectivity index is 3.43. The minimum absolute atomic E-state index is 0.115. The fraction of sp³-hybridized carbons (Fsp3) is 0.625. The third kappa shape index (κ3) is 5.51. The number of nitrogens with zero attached hydrogens (tertiary/aromatic N) is 1. The normalized spacial score (nSPS) is 11.2. The predicted molar refractivity (Wildman–Crippen MR) is 43.0 cm³/mol. The van der Waals surface area contributed by atoms with Crippen LogP contribution in [-0.4, -0.2) is 30.8 Å². The van der Waals surface area contributed by atoms with Crippen molar-refractivity contribution in [1.82, 2.24) is 4.90 Å². The standard InChI is InChI=1S/C8H15NO/c1-4-9(3)7-5-6-8(2)10/h5-6H,4,7H2,1-3H3/b6-5+. The zero-order valence-electron chi connectivity index (χ0n) is 6.92. The van der Waals surface area contributed by atoms with E-state index in [1.807, 2.05) is 13.1 Å². The minimum Gasteiger partial charge on any atom is -0.303 e.